The average molecular weight is 229 g/mol. The van der Waals surface area contributed by atoms with Crippen LogP contribution in [0.1, 0.15) is 39.5 Å². The Morgan fingerprint density at radius 2 is 1.93 bits per heavy atom. The van der Waals surface area contributed by atoms with Crippen LogP contribution in [-0.4, -0.2) is 36.5 Å². The number of piperidine rings is 1. The molecule has 0 bridgehead atoms. The van der Waals surface area contributed by atoms with E-state index in [0.29, 0.717) is 0 Å². The number of hydrogen-bond acceptors (Lipinski definition) is 2. The van der Waals surface area contributed by atoms with Crippen LogP contribution in [0.4, 0.5) is 0 Å². The van der Waals surface area contributed by atoms with Crippen molar-refractivity contribution in [2.45, 2.75) is 39.5 Å². The summed E-state index contributed by atoms with van der Waals surface area (Å²) in [5, 5.41) is 0. The van der Waals surface area contributed by atoms with Crippen molar-refractivity contribution in [3.63, 3.8) is 0 Å². The van der Waals surface area contributed by atoms with E-state index < -0.39 is 0 Å². The molecule has 1 nitrogen and oxygen atoms in total. The highest BCUT2D eigenvalue weighted by Crippen LogP contribution is 2.23. The highest BCUT2D eigenvalue weighted by molar-refractivity contribution is 7.98. The van der Waals surface area contributed by atoms with Gasteiger partial charge >= 0.3 is 0 Å². The zero-order valence-electron chi connectivity index (χ0n) is 10.7. The zero-order valence-corrected chi connectivity index (χ0v) is 11.5. The predicted octanol–water partition coefficient (Wildman–Crippen LogP) is 3.50. The molecule has 1 aliphatic rings. The summed E-state index contributed by atoms with van der Waals surface area (Å²) < 4.78 is 0. The third-order valence-corrected chi connectivity index (χ3v) is 4.06. The van der Waals surface area contributed by atoms with Gasteiger partial charge in [-0.3, -0.25) is 0 Å². The molecule has 15 heavy (non-hydrogen) atoms. The molecule has 0 radical (unpaired) electrons. The summed E-state index contributed by atoms with van der Waals surface area (Å²) in [7, 11) is 0. The van der Waals surface area contributed by atoms with E-state index in [1.807, 2.05) is 11.8 Å². The Bertz CT molecular complexity index is 151. The van der Waals surface area contributed by atoms with Crippen LogP contribution in [0.2, 0.25) is 0 Å². The fourth-order valence-corrected chi connectivity index (χ4v) is 2.73. The molecule has 1 aliphatic heterocycles. The maximum atomic E-state index is 2.64. The van der Waals surface area contributed by atoms with Crippen LogP contribution >= 0.6 is 11.8 Å². The van der Waals surface area contributed by atoms with Crippen molar-refractivity contribution in [1.82, 2.24) is 4.90 Å². The van der Waals surface area contributed by atoms with Gasteiger partial charge in [-0.25, -0.2) is 0 Å². The Balaban J connectivity index is 2.07. The number of nitrogens with zero attached hydrogens (tertiary/aromatic N) is 1. The average Bonchev–Trinajstić information content (AvgIpc) is 2.25. The summed E-state index contributed by atoms with van der Waals surface area (Å²) in [6, 6.07) is 0. The maximum Gasteiger partial charge on any atom is 0.00722 e. The first-order chi connectivity index (χ1) is 7.22. The molecule has 0 atom stereocenters. The summed E-state index contributed by atoms with van der Waals surface area (Å²) >= 11 is 1.97. The monoisotopic (exact) mass is 229 g/mol. The van der Waals surface area contributed by atoms with E-state index in [1.54, 1.807) is 0 Å². The van der Waals surface area contributed by atoms with Crippen LogP contribution in [0.15, 0.2) is 0 Å². The quantitative estimate of drug-likeness (QED) is 0.686. The van der Waals surface area contributed by atoms with Gasteiger partial charge in [0.25, 0.3) is 0 Å². The van der Waals surface area contributed by atoms with Gasteiger partial charge in [-0.2, -0.15) is 11.8 Å². The lowest BCUT2D eigenvalue weighted by atomic mass is 9.90. The van der Waals surface area contributed by atoms with Crippen molar-refractivity contribution in [2.24, 2.45) is 11.8 Å². The van der Waals surface area contributed by atoms with Crippen LogP contribution in [0.25, 0.3) is 0 Å². The van der Waals surface area contributed by atoms with Crippen molar-refractivity contribution in [1.29, 1.82) is 0 Å². The van der Waals surface area contributed by atoms with Gasteiger partial charge in [0.1, 0.15) is 0 Å². The summed E-state index contributed by atoms with van der Waals surface area (Å²) in [5.41, 5.74) is 0. The SMILES string of the molecule is CSCCN1CCC(CCC(C)C)CC1. The van der Waals surface area contributed by atoms with Gasteiger partial charge in [0.15, 0.2) is 0 Å². The van der Waals surface area contributed by atoms with E-state index in [-0.39, 0.29) is 0 Å². The van der Waals surface area contributed by atoms with E-state index in [9.17, 15) is 0 Å². The Morgan fingerprint density at radius 1 is 1.27 bits per heavy atom. The lowest BCUT2D eigenvalue weighted by molar-refractivity contribution is 0.183. The number of rotatable bonds is 6. The minimum atomic E-state index is 0.888. The third kappa shape index (κ3) is 5.82. The first-order valence-corrected chi connectivity index (χ1v) is 7.83. The molecule has 0 aromatic rings. The minimum absolute atomic E-state index is 0.888. The lowest BCUT2D eigenvalue weighted by Crippen LogP contribution is -2.35. The number of likely N-dealkylation sites (tertiary alicyclic amines) is 1. The molecule has 0 aromatic carbocycles. The van der Waals surface area contributed by atoms with E-state index in [1.165, 1.54) is 51.1 Å². The van der Waals surface area contributed by atoms with Crippen LogP contribution in [0.5, 0.6) is 0 Å². The van der Waals surface area contributed by atoms with Crippen molar-refractivity contribution >= 4 is 11.8 Å². The summed E-state index contributed by atoms with van der Waals surface area (Å²) in [6.07, 6.45) is 7.99. The van der Waals surface area contributed by atoms with Gasteiger partial charge in [-0.05, 0) is 44.0 Å². The summed E-state index contributed by atoms with van der Waals surface area (Å²) in [4.78, 5) is 2.64. The molecule has 90 valence electrons. The van der Waals surface area contributed by atoms with Crippen molar-refractivity contribution in [3.8, 4) is 0 Å². The molecular weight excluding hydrogens is 202 g/mol. The van der Waals surface area contributed by atoms with Crippen LogP contribution in [0, 0.1) is 11.8 Å². The molecule has 1 saturated heterocycles. The molecule has 1 fully saturated rings. The van der Waals surface area contributed by atoms with E-state index >= 15 is 0 Å². The van der Waals surface area contributed by atoms with Crippen LogP contribution in [0.3, 0.4) is 0 Å². The van der Waals surface area contributed by atoms with Crippen LogP contribution in [-0.2, 0) is 0 Å². The Morgan fingerprint density at radius 3 is 2.47 bits per heavy atom. The van der Waals surface area contributed by atoms with Gasteiger partial charge < -0.3 is 4.90 Å². The standard InChI is InChI=1S/C13H27NS/c1-12(2)4-5-13-6-8-14(9-7-13)10-11-15-3/h12-13H,4-11H2,1-3H3. The molecule has 1 heterocycles. The van der Waals surface area contributed by atoms with Crippen molar-refractivity contribution in [3.05, 3.63) is 0 Å². The molecule has 1 rings (SSSR count). The van der Waals surface area contributed by atoms with Gasteiger partial charge in [-0.15, -0.1) is 0 Å². The summed E-state index contributed by atoms with van der Waals surface area (Å²) in [6.45, 7) is 8.69. The highest BCUT2D eigenvalue weighted by atomic mass is 32.2. The predicted molar refractivity (Wildman–Crippen MR) is 71.6 cm³/mol. The smallest absolute Gasteiger partial charge is 0.00722 e. The second-order valence-corrected chi connectivity index (χ2v) is 6.23. The molecule has 0 saturated carbocycles. The largest absolute Gasteiger partial charge is 0.302 e. The second kappa shape index (κ2) is 7.56. The van der Waals surface area contributed by atoms with Gasteiger partial charge in [0, 0.05) is 12.3 Å². The minimum Gasteiger partial charge on any atom is -0.302 e. The zero-order chi connectivity index (χ0) is 11.1. The van der Waals surface area contributed by atoms with Gasteiger partial charge in [0.2, 0.25) is 0 Å². The second-order valence-electron chi connectivity index (χ2n) is 5.25. The first-order valence-electron chi connectivity index (χ1n) is 6.43. The van der Waals surface area contributed by atoms with Gasteiger partial charge in [-0.1, -0.05) is 26.7 Å². The van der Waals surface area contributed by atoms with Gasteiger partial charge in [0.05, 0.1) is 0 Å². The number of hydrogen-bond donors (Lipinski definition) is 0. The van der Waals surface area contributed by atoms with Crippen molar-refractivity contribution < 1.29 is 0 Å². The fraction of sp³-hybridized carbons (Fsp3) is 1.00. The fourth-order valence-electron chi connectivity index (χ4n) is 2.29. The lowest BCUT2D eigenvalue weighted by Gasteiger charge is -2.32. The molecule has 2 heteroatoms. The van der Waals surface area contributed by atoms with E-state index in [2.05, 4.69) is 25.0 Å². The maximum absolute atomic E-state index is 2.64. The molecule has 0 spiro atoms. The van der Waals surface area contributed by atoms with E-state index in [4.69, 9.17) is 0 Å². The Labute approximate surface area is 100.0 Å². The molecule has 0 unspecified atom stereocenters. The molecule has 0 aromatic heterocycles. The topological polar surface area (TPSA) is 3.24 Å². The Hall–Kier alpha value is 0.310. The number of thioether (sulfide) groups is 1. The highest BCUT2D eigenvalue weighted by Gasteiger charge is 2.18. The van der Waals surface area contributed by atoms with Crippen molar-refractivity contribution in [2.75, 3.05) is 31.6 Å². The normalized spacial score (nSPS) is 20.0. The Kier molecular flexibility index (Phi) is 6.74. The molecule has 0 amide bonds. The van der Waals surface area contributed by atoms with Crippen LogP contribution < -0.4 is 0 Å². The molecule has 0 N–H and O–H groups in total. The third-order valence-electron chi connectivity index (χ3n) is 3.47. The van der Waals surface area contributed by atoms with E-state index in [0.717, 1.165) is 11.8 Å². The molecular formula is C13H27NS. The first kappa shape index (κ1) is 13.4. The summed E-state index contributed by atoms with van der Waals surface area (Å²) in [5.74, 6) is 3.22. The molecule has 0 aliphatic carbocycles.